The van der Waals surface area contributed by atoms with Gasteiger partial charge in [0.15, 0.2) is 6.10 Å². The van der Waals surface area contributed by atoms with Gasteiger partial charge in [0.1, 0.15) is 17.2 Å². The minimum Gasteiger partial charge on any atom is -0.497 e. The third kappa shape index (κ3) is 5.19. The summed E-state index contributed by atoms with van der Waals surface area (Å²) in [6, 6.07) is 14.4. The Hall–Kier alpha value is -2.69. The van der Waals surface area contributed by atoms with Crippen LogP contribution in [0.15, 0.2) is 48.5 Å². The third-order valence-corrected chi connectivity index (χ3v) is 3.20. The molecule has 128 valence electrons. The number of carbonyl (C=O) groups excluding carboxylic acids is 1. The lowest BCUT2D eigenvalue weighted by atomic mass is 10.2. The summed E-state index contributed by atoms with van der Waals surface area (Å²) in [7, 11) is 1.58. The van der Waals surface area contributed by atoms with E-state index in [9.17, 15) is 4.79 Å². The van der Waals surface area contributed by atoms with Crippen LogP contribution in [0.25, 0.3) is 0 Å². The van der Waals surface area contributed by atoms with Crippen molar-refractivity contribution in [3.8, 4) is 17.2 Å². The normalized spacial score (nSPS) is 11.7. The van der Waals surface area contributed by atoms with Crippen LogP contribution < -0.4 is 19.5 Å². The zero-order valence-electron chi connectivity index (χ0n) is 14.4. The number of hydrogen-bond donors (Lipinski definition) is 1. The minimum atomic E-state index is -0.647. The molecule has 0 bridgehead atoms. The van der Waals surface area contributed by atoms with Gasteiger partial charge in [-0.2, -0.15) is 0 Å². The van der Waals surface area contributed by atoms with Gasteiger partial charge in [-0.15, -0.1) is 0 Å². The molecular weight excluding hydrogens is 306 g/mol. The Morgan fingerprint density at radius 2 is 1.54 bits per heavy atom. The van der Waals surface area contributed by atoms with E-state index >= 15 is 0 Å². The number of rotatable bonds is 7. The van der Waals surface area contributed by atoms with Crippen LogP contribution in [-0.4, -0.2) is 25.2 Å². The quantitative estimate of drug-likeness (QED) is 0.837. The van der Waals surface area contributed by atoms with Gasteiger partial charge in [-0.25, -0.2) is 0 Å². The molecule has 0 radical (unpaired) electrons. The van der Waals surface area contributed by atoms with E-state index in [4.69, 9.17) is 14.2 Å². The van der Waals surface area contributed by atoms with Gasteiger partial charge in [0.2, 0.25) is 0 Å². The number of benzene rings is 2. The van der Waals surface area contributed by atoms with E-state index in [1.165, 1.54) is 0 Å². The molecule has 0 saturated carbocycles. The largest absolute Gasteiger partial charge is 0.497 e. The van der Waals surface area contributed by atoms with Gasteiger partial charge in [0.05, 0.1) is 13.2 Å². The van der Waals surface area contributed by atoms with E-state index < -0.39 is 6.10 Å². The maximum atomic E-state index is 12.3. The van der Waals surface area contributed by atoms with Gasteiger partial charge >= 0.3 is 0 Å². The van der Waals surface area contributed by atoms with Crippen molar-refractivity contribution < 1.29 is 19.0 Å². The van der Waals surface area contributed by atoms with Crippen molar-refractivity contribution in [2.75, 3.05) is 12.4 Å². The van der Waals surface area contributed by atoms with Gasteiger partial charge < -0.3 is 19.5 Å². The fourth-order valence-corrected chi connectivity index (χ4v) is 2.10. The van der Waals surface area contributed by atoms with Crippen LogP contribution in [-0.2, 0) is 4.79 Å². The molecule has 0 unspecified atom stereocenters. The smallest absolute Gasteiger partial charge is 0.265 e. The number of anilines is 1. The molecule has 1 atom stereocenters. The summed E-state index contributed by atoms with van der Waals surface area (Å²) in [5, 5.41) is 2.83. The van der Waals surface area contributed by atoms with E-state index in [1.807, 2.05) is 44.2 Å². The second-order valence-electron chi connectivity index (χ2n) is 5.62. The summed E-state index contributed by atoms with van der Waals surface area (Å²) < 4.78 is 16.4. The monoisotopic (exact) mass is 329 g/mol. The fourth-order valence-electron chi connectivity index (χ4n) is 2.10. The highest BCUT2D eigenvalue weighted by atomic mass is 16.5. The molecule has 0 fully saturated rings. The van der Waals surface area contributed by atoms with Crippen LogP contribution in [0.4, 0.5) is 5.69 Å². The van der Waals surface area contributed by atoms with Gasteiger partial charge in [-0.3, -0.25) is 4.79 Å². The highest BCUT2D eigenvalue weighted by molar-refractivity contribution is 5.94. The SMILES string of the molecule is COc1cccc(O[C@H](C)C(=O)Nc2cccc(OC(C)C)c2)c1. The highest BCUT2D eigenvalue weighted by Crippen LogP contribution is 2.21. The third-order valence-electron chi connectivity index (χ3n) is 3.20. The standard InChI is InChI=1S/C19H23NO4/c1-13(2)23-17-9-5-7-15(11-17)20-19(21)14(3)24-18-10-6-8-16(12-18)22-4/h5-14H,1-4H3,(H,20,21)/t14-/m1/s1. The minimum absolute atomic E-state index is 0.0752. The number of methoxy groups -OCH3 is 1. The summed E-state index contributed by atoms with van der Waals surface area (Å²) in [6.07, 6.45) is -0.571. The van der Waals surface area contributed by atoms with Crippen LogP contribution in [0.3, 0.4) is 0 Å². The summed E-state index contributed by atoms with van der Waals surface area (Å²) >= 11 is 0. The zero-order chi connectivity index (χ0) is 17.5. The fraction of sp³-hybridized carbons (Fsp3) is 0.316. The van der Waals surface area contributed by atoms with E-state index in [0.29, 0.717) is 22.9 Å². The van der Waals surface area contributed by atoms with Gasteiger partial charge in [-0.1, -0.05) is 12.1 Å². The molecule has 5 nitrogen and oxygen atoms in total. The Labute approximate surface area is 142 Å². The number of nitrogens with one attached hydrogen (secondary N) is 1. The molecule has 2 rings (SSSR count). The predicted molar refractivity (Wildman–Crippen MR) is 93.9 cm³/mol. The predicted octanol–water partition coefficient (Wildman–Crippen LogP) is 3.89. The van der Waals surface area contributed by atoms with Crippen LogP contribution in [0.5, 0.6) is 17.2 Å². The first-order valence-electron chi connectivity index (χ1n) is 7.86. The lowest BCUT2D eigenvalue weighted by molar-refractivity contribution is -0.122. The molecule has 0 saturated heterocycles. The molecule has 5 heteroatoms. The van der Waals surface area contributed by atoms with Crippen molar-refractivity contribution in [1.82, 2.24) is 0 Å². The van der Waals surface area contributed by atoms with Crippen molar-refractivity contribution >= 4 is 11.6 Å². The molecule has 1 amide bonds. The van der Waals surface area contributed by atoms with Crippen molar-refractivity contribution in [2.24, 2.45) is 0 Å². The summed E-state index contributed by atoms with van der Waals surface area (Å²) in [4.78, 5) is 12.3. The van der Waals surface area contributed by atoms with Crippen molar-refractivity contribution in [2.45, 2.75) is 33.0 Å². The van der Waals surface area contributed by atoms with E-state index in [2.05, 4.69) is 5.32 Å². The number of carbonyl (C=O) groups is 1. The lowest BCUT2D eigenvalue weighted by Gasteiger charge is -2.16. The average molecular weight is 329 g/mol. The molecule has 1 N–H and O–H groups in total. The highest BCUT2D eigenvalue weighted by Gasteiger charge is 2.15. The second kappa shape index (κ2) is 8.24. The molecule has 0 aliphatic heterocycles. The van der Waals surface area contributed by atoms with Crippen LogP contribution >= 0.6 is 0 Å². The first kappa shape index (κ1) is 17.7. The van der Waals surface area contributed by atoms with E-state index in [0.717, 1.165) is 0 Å². The molecule has 0 spiro atoms. The maximum Gasteiger partial charge on any atom is 0.265 e. The summed E-state index contributed by atoms with van der Waals surface area (Å²) in [5.74, 6) is 1.73. The lowest BCUT2D eigenvalue weighted by Crippen LogP contribution is -2.30. The number of ether oxygens (including phenoxy) is 3. The summed E-state index contributed by atoms with van der Waals surface area (Å²) in [5.41, 5.74) is 0.666. The zero-order valence-corrected chi connectivity index (χ0v) is 14.4. The van der Waals surface area contributed by atoms with Gasteiger partial charge in [-0.05, 0) is 45.0 Å². The number of hydrogen-bond acceptors (Lipinski definition) is 4. The maximum absolute atomic E-state index is 12.3. The topological polar surface area (TPSA) is 56.8 Å². The molecule has 2 aromatic rings. The van der Waals surface area contributed by atoms with E-state index in [1.54, 1.807) is 32.2 Å². The first-order chi connectivity index (χ1) is 11.5. The van der Waals surface area contributed by atoms with Crippen LogP contribution in [0.1, 0.15) is 20.8 Å². The molecule has 24 heavy (non-hydrogen) atoms. The Balaban J connectivity index is 1.98. The Kier molecular flexibility index (Phi) is 6.07. The van der Waals surface area contributed by atoms with E-state index in [-0.39, 0.29) is 12.0 Å². The average Bonchev–Trinajstić information content (AvgIpc) is 2.54. The molecule has 0 aliphatic rings. The van der Waals surface area contributed by atoms with Crippen molar-refractivity contribution in [1.29, 1.82) is 0 Å². The molecule has 0 heterocycles. The molecule has 0 aliphatic carbocycles. The van der Waals surface area contributed by atoms with Gasteiger partial charge in [0.25, 0.3) is 5.91 Å². The van der Waals surface area contributed by atoms with Crippen molar-refractivity contribution in [3.05, 3.63) is 48.5 Å². The second-order valence-corrected chi connectivity index (χ2v) is 5.62. The van der Waals surface area contributed by atoms with Crippen molar-refractivity contribution in [3.63, 3.8) is 0 Å². The first-order valence-corrected chi connectivity index (χ1v) is 7.86. The number of amides is 1. The molecule has 2 aromatic carbocycles. The van der Waals surface area contributed by atoms with Gasteiger partial charge in [0, 0.05) is 17.8 Å². The Bertz CT molecular complexity index is 685. The van der Waals surface area contributed by atoms with Crippen LogP contribution in [0, 0.1) is 0 Å². The Morgan fingerprint density at radius 3 is 2.21 bits per heavy atom. The molecule has 0 aromatic heterocycles. The molecular formula is C19H23NO4. The Morgan fingerprint density at radius 1 is 0.917 bits per heavy atom. The van der Waals surface area contributed by atoms with Crippen LogP contribution in [0.2, 0.25) is 0 Å². The summed E-state index contributed by atoms with van der Waals surface area (Å²) in [6.45, 7) is 5.61.